The number of benzene rings is 1. The Morgan fingerprint density at radius 2 is 1.35 bits per heavy atom. The monoisotopic (exact) mass is 833 g/mol. The van der Waals surface area contributed by atoms with Crippen LogP contribution in [0.3, 0.4) is 0 Å². The number of carbonyl (C=O) groups is 2. The van der Waals surface area contributed by atoms with Gasteiger partial charge in [-0.1, -0.05) is 12.1 Å². The summed E-state index contributed by atoms with van der Waals surface area (Å²) >= 11 is 4.06. The van der Waals surface area contributed by atoms with E-state index in [9.17, 15) is 30.8 Å². The standard InChI is InChI=1S/C19H19N3O4S3.C16H17FN2O4S2/c23-18-13-26-11-10-22(18)9-6-16-15(7-12-27-16)21-29(24,25)19-5-4-17(28-19)14-3-1-2-8-20-14;17-12-2-1-3-13(10-12)25(21,22)18-14-5-9-24-15(14)4-6-19-7-8-23-11-16(19)20/h1-5,7-8,12,21H,6,9-11,13H2;1-3,5,9-10,18H,4,6-8,11H2. The first kappa shape index (κ1) is 39.5. The summed E-state index contributed by atoms with van der Waals surface area (Å²) in [6.07, 6.45) is 2.80. The van der Waals surface area contributed by atoms with Crippen molar-refractivity contribution in [3.05, 3.63) is 99.3 Å². The highest BCUT2D eigenvalue weighted by atomic mass is 32.2. The van der Waals surface area contributed by atoms with E-state index in [2.05, 4.69) is 14.4 Å². The number of aromatic nitrogens is 1. The van der Waals surface area contributed by atoms with E-state index >= 15 is 0 Å². The van der Waals surface area contributed by atoms with E-state index in [0.717, 1.165) is 26.4 Å². The van der Waals surface area contributed by atoms with E-state index in [0.29, 0.717) is 63.6 Å². The van der Waals surface area contributed by atoms with E-state index in [-0.39, 0.29) is 34.1 Å². The van der Waals surface area contributed by atoms with Crippen molar-refractivity contribution in [1.29, 1.82) is 0 Å². The van der Waals surface area contributed by atoms with Crippen molar-refractivity contribution in [2.45, 2.75) is 21.9 Å². The Hall–Kier alpha value is -4.24. The largest absolute Gasteiger partial charge is 0.370 e. The number of carbonyl (C=O) groups excluding carboxylic acids is 2. The molecule has 0 saturated carbocycles. The molecule has 0 aliphatic carbocycles. The van der Waals surface area contributed by atoms with Gasteiger partial charge in [0.05, 0.1) is 40.1 Å². The van der Waals surface area contributed by atoms with Crippen molar-refractivity contribution >= 4 is 77.2 Å². The minimum absolute atomic E-state index is 0.0319. The van der Waals surface area contributed by atoms with Gasteiger partial charge in [0.2, 0.25) is 11.8 Å². The van der Waals surface area contributed by atoms with E-state index < -0.39 is 25.9 Å². The Kier molecular flexibility index (Phi) is 13.1. The fraction of sp³-hybridized carbons (Fsp3) is 0.286. The smallest absolute Gasteiger partial charge is 0.271 e. The van der Waals surface area contributed by atoms with Gasteiger partial charge in [-0.05, 0) is 65.4 Å². The molecule has 54 heavy (non-hydrogen) atoms. The summed E-state index contributed by atoms with van der Waals surface area (Å²) in [5.74, 6) is -0.709. The molecule has 19 heteroatoms. The SMILES string of the molecule is O=C1COCCN1CCc1sccc1NS(=O)(=O)c1ccc(-c2ccccn2)s1.O=C1COCCN1CCc1sccc1NS(=O)(=O)c1cccc(F)c1. The van der Waals surface area contributed by atoms with Crippen molar-refractivity contribution in [3.63, 3.8) is 0 Å². The molecule has 5 aromatic rings. The summed E-state index contributed by atoms with van der Waals surface area (Å²) < 4.78 is 79.5. The predicted octanol–water partition coefficient (Wildman–Crippen LogP) is 5.16. The minimum atomic E-state index is -3.87. The second-order valence-corrected chi connectivity index (χ2v) is 18.6. The molecule has 13 nitrogen and oxygen atoms in total. The third-order valence-corrected chi connectivity index (χ3v) is 14.5. The fourth-order valence-corrected chi connectivity index (χ4v) is 10.7. The summed E-state index contributed by atoms with van der Waals surface area (Å²) in [5.41, 5.74) is 1.75. The maximum absolute atomic E-state index is 13.3. The number of amides is 2. The maximum atomic E-state index is 13.3. The first-order chi connectivity index (χ1) is 26.0. The molecule has 2 saturated heterocycles. The van der Waals surface area contributed by atoms with E-state index in [1.807, 2.05) is 23.6 Å². The van der Waals surface area contributed by atoms with Crippen LogP contribution in [0.15, 0.2) is 92.8 Å². The van der Waals surface area contributed by atoms with Crippen molar-refractivity contribution in [2.75, 3.05) is 62.1 Å². The summed E-state index contributed by atoms with van der Waals surface area (Å²) in [4.78, 5) is 33.7. The van der Waals surface area contributed by atoms with Gasteiger partial charge in [0.1, 0.15) is 23.2 Å². The topological polar surface area (TPSA) is 164 Å². The zero-order chi connectivity index (χ0) is 38.1. The number of ether oxygens (including phenoxy) is 2. The number of hydrogen-bond donors (Lipinski definition) is 2. The van der Waals surface area contributed by atoms with Crippen molar-refractivity contribution in [1.82, 2.24) is 14.8 Å². The van der Waals surface area contributed by atoms with E-state index in [4.69, 9.17) is 9.47 Å². The number of nitrogens with one attached hydrogen (secondary N) is 2. The molecule has 4 aromatic heterocycles. The quantitative estimate of drug-likeness (QED) is 0.163. The van der Waals surface area contributed by atoms with Crippen LogP contribution < -0.4 is 9.44 Å². The lowest BCUT2D eigenvalue weighted by Crippen LogP contribution is -2.42. The van der Waals surface area contributed by atoms with Crippen LogP contribution in [0.4, 0.5) is 15.8 Å². The number of nitrogens with zero attached hydrogens (tertiary/aromatic N) is 3. The van der Waals surface area contributed by atoms with Gasteiger partial charge in [-0.15, -0.1) is 34.0 Å². The molecular weight excluding hydrogens is 798 g/mol. The molecule has 0 radical (unpaired) electrons. The summed E-state index contributed by atoms with van der Waals surface area (Å²) in [5, 5.41) is 3.63. The van der Waals surface area contributed by atoms with Gasteiger partial charge < -0.3 is 19.3 Å². The third kappa shape index (κ3) is 10.3. The molecule has 2 aliphatic heterocycles. The van der Waals surface area contributed by atoms with Crippen LogP contribution in [0.2, 0.25) is 0 Å². The first-order valence-corrected chi connectivity index (χ1v) is 22.2. The Morgan fingerprint density at radius 3 is 1.91 bits per heavy atom. The van der Waals surface area contributed by atoms with E-state index in [1.54, 1.807) is 45.6 Å². The lowest BCUT2D eigenvalue weighted by Gasteiger charge is -2.26. The first-order valence-electron chi connectivity index (χ1n) is 16.6. The Bertz CT molecular complexity index is 2280. The molecule has 286 valence electrons. The highest BCUT2D eigenvalue weighted by Crippen LogP contribution is 2.32. The lowest BCUT2D eigenvalue weighted by atomic mass is 10.3. The highest BCUT2D eigenvalue weighted by Gasteiger charge is 2.23. The van der Waals surface area contributed by atoms with Gasteiger partial charge in [0.25, 0.3) is 20.0 Å². The Labute approximate surface area is 324 Å². The second-order valence-electron chi connectivity index (χ2n) is 11.9. The number of hydrogen-bond acceptors (Lipinski definition) is 12. The zero-order valence-corrected chi connectivity index (χ0v) is 32.8. The van der Waals surface area contributed by atoms with Crippen LogP contribution in [0.5, 0.6) is 0 Å². The van der Waals surface area contributed by atoms with Gasteiger partial charge in [-0.25, -0.2) is 21.2 Å². The number of morpholine rings is 2. The highest BCUT2D eigenvalue weighted by molar-refractivity contribution is 7.94. The predicted molar refractivity (Wildman–Crippen MR) is 206 cm³/mol. The average molecular weight is 834 g/mol. The van der Waals surface area contributed by atoms with Crippen LogP contribution in [0, 0.1) is 5.82 Å². The van der Waals surface area contributed by atoms with Crippen LogP contribution in [0.1, 0.15) is 9.75 Å². The molecule has 1 aromatic carbocycles. The third-order valence-electron chi connectivity index (χ3n) is 8.23. The van der Waals surface area contributed by atoms with Crippen LogP contribution >= 0.6 is 34.0 Å². The van der Waals surface area contributed by atoms with Gasteiger partial charge in [-0.2, -0.15) is 0 Å². The number of sulfonamides is 2. The van der Waals surface area contributed by atoms with E-state index in [1.165, 1.54) is 52.2 Å². The van der Waals surface area contributed by atoms with Gasteiger partial charge in [0, 0.05) is 55.0 Å². The molecule has 0 atom stereocenters. The zero-order valence-electron chi connectivity index (χ0n) is 28.7. The Morgan fingerprint density at radius 1 is 0.741 bits per heavy atom. The summed E-state index contributed by atoms with van der Waals surface area (Å²) in [7, 11) is -7.57. The Balaban J connectivity index is 0.000000186. The molecular formula is C35H36FN5O8S5. The molecule has 7 rings (SSSR count). The van der Waals surface area contributed by atoms with Crippen LogP contribution in [0.25, 0.3) is 10.6 Å². The van der Waals surface area contributed by atoms with Gasteiger partial charge in [0.15, 0.2) is 0 Å². The molecule has 2 N–H and O–H groups in total. The van der Waals surface area contributed by atoms with Crippen molar-refractivity contribution in [3.8, 4) is 10.6 Å². The van der Waals surface area contributed by atoms with Gasteiger partial charge >= 0.3 is 0 Å². The van der Waals surface area contributed by atoms with Crippen LogP contribution in [-0.4, -0.2) is 96.0 Å². The maximum Gasteiger partial charge on any atom is 0.271 e. The van der Waals surface area contributed by atoms with Crippen molar-refractivity contribution < 1.29 is 40.3 Å². The number of rotatable bonds is 13. The number of pyridine rings is 1. The molecule has 0 bridgehead atoms. The van der Waals surface area contributed by atoms with Crippen LogP contribution in [-0.2, 0) is 52.0 Å². The molecule has 2 amide bonds. The van der Waals surface area contributed by atoms with Gasteiger partial charge in [-0.3, -0.25) is 24.0 Å². The van der Waals surface area contributed by atoms with Crippen molar-refractivity contribution in [2.24, 2.45) is 0 Å². The summed E-state index contributed by atoms with van der Waals surface area (Å²) in [6.45, 7) is 3.38. The number of anilines is 2. The molecule has 0 spiro atoms. The molecule has 0 unspecified atom stereocenters. The summed E-state index contributed by atoms with van der Waals surface area (Å²) in [6, 6.07) is 17.2. The molecule has 2 fully saturated rings. The number of thiophene rings is 3. The minimum Gasteiger partial charge on any atom is -0.370 e. The molecule has 2 aliphatic rings. The normalized spacial score (nSPS) is 15.1. The fourth-order valence-electron chi connectivity index (χ4n) is 5.44. The number of halogens is 1. The lowest BCUT2D eigenvalue weighted by molar-refractivity contribution is -0.143. The molecule has 6 heterocycles. The average Bonchev–Trinajstić information content (AvgIpc) is 3.94. The second kappa shape index (κ2) is 17.9.